The van der Waals surface area contributed by atoms with E-state index in [1.807, 2.05) is 42.5 Å². The zero-order valence-electron chi connectivity index (χ0n) is 11.4. The zero-order valence-corrected chi connectivity index (χ0v) is 13.6. The normalized spacial score (nSPS) is 15.6. The molecule has 3 rings (SSSR count). The Morgan fingerprint density at radius 3 is 2.65 bits per heavy atom. The molecule has 0 aliphatic carbocycles. The highest BCUT2D eigenvalue weighted by atomic mass is 127. The van der Waals surface area contributed by atoms with Crippen molar-refractivity contribution in [2.75, 3.05) is 0 Å². The van der Waals surface area contributed by atoms with Crippen LogP contribution in [0.15, 0.2) is 42.5 Å². The third kappa shape index (κ3) is 2.59. The second-order valence-electron chi connectivity index (χ2n) is 5.70. The molecule has 0 N–H and O–H groups in total. The molecule has 1 aliphatic heterocycles. The molecule has 0 saturated carbocycles. The maximum absolute atomic E-state index is 12.5. The molecule has 3 heteroatoms. The number of hydrogen-bond donors (Lipinski definition) is 0. The van der Waals surface area contributed by atoms with Gasteiger partial charge in [-0.15, -0.1) is 0 Å². The number of benzene rings is 2. The van der Waals surface area contributed by atoms with Crippen molar-refractivity contribution in [1.82, 2.24) is 0 Å². The van der Waals surface area contributed by atoms with Crippen molar-refractivity contribution < 1.29 is 9.53 Å². The highest BCUT2D eigenvalue weighted by molar-refractivity contribution is 14.1. The van der Waals surface area contributed by atoms with Gasteiger partial charge in [0, 0.05) is 21.1 Å². The average Bonchev–Trinajstić information content (AvgIpc) is 2.70. The van der Waals surface area contributed by atoms with Crippen molar-refractivity contribution in [1.29, 1.82) is 0 Å². The molecule has 20 heavy (non-hydrogen) atoms. The van der Waals surface area contributed by atoms with E-state index in [1.165, 1.54) is 0 Å². The maximum Gasteiger partial charge on any atom is 0.193 e. The van der Waals surface area contributed by atoms with Gasteiger partial charge < -0.3 is 4.74 Å². The molecule has 1 heterocycles. The standard InChI is InChI=1S/C17H15IO2/c1-17(2)10-13-8-12(6-7-15(13)20-17)16(19)11-4-3-5-14(18)9-11/h3-9H,10H2,1-2H3. The first-order valence-electron chi connectivity index (χ1n) is 6.57. The minimum absolute atomic E-state index is 0.0658. The number of rotatable bonds is 2. The van der Waals surface area contributed by atoms with Gasteiger partial charge >= 0.3 is 0 Å². The highest BCUT2D eigenvalue weighted by Gasteiger charge is 2.30. The molecule has 0 spiro atoms. The molecule has 0 aromatic heterocycles. The Morgan fingerprint density at radius 2 is 1.90 bits per heavy atom. The van der Waals surface area contributed by atoms with Crippen LogP contribution in [0.2, 0.25) is 0 Å². The summed E-state index contributed by atoms with van der Waals surface area (Å²) in [6.45, 7) is 4.13. The number of halogens is 1. The summed E-state index contributed by atoms with van der Waals surface area (Å²) < 4.78 is 6.91. The summed E-state index contributed by atoms with van der Waals surface area (Å²) in [5, 5.41) is 0. The Morgan fingerprint density at radius 1 is 1.15 bits per heavy atom. The Kier molecular flexibility index (Phi) is 3.32. The zero-order chi connectivity index (χ0) is 14.3. The molecular weight excluding hydrogens is 363 g/mol. The predicted octanol–water partition coefficient (Wildman–Crippen LogP) is 4.24. The van der Waals surface area contributed by atoms with Crippen LogP contribution in [0, 0.1) is 3.57 Å². The van der Waals surface area contributed by atoms with Gasteiger partial charge in [-0.2, -0.15) is 0 Å². The summed E-state index contributed by atoms with van der Waals surface area (Å²) in [4.78, 5) is 12.5. The molecule has 0 unspecified atom stereocenters. The average molecular weight is 378 g/mol. The SMILES string of the molecule is CC1(C)Cc2cc(C(=O)c3cccc(I)c3)ccc2O1. The lowest BCUT2D eigenvalue weighted by molar-refractivity contribution is 0.103. The van der Waals surface area contributed by atoms with Crippen molar-refractivity contribution in [3.63, 3.8) is 0 Å². The number of fused-ring (bicyclic) bond motifs is 1. The van der Waals surface area contributed by atoms with Crippen molar-refractivity contribution in [3.05, 3.63) is 62.7 Å². The largest absolute Gasteiger partial charge is 0.487 e. The van der Waals surface area contributed by atoms with Gasteiger partial charge in [-0.1, -0.05) is 12.1 Å². The van der Waals surface area contributed by atoms with Gasteiger partial charge in [-0.3, -0.25) is 4.79 Å². The summed E-state index contributed by atoms with van der Waals surface area (Å²) in [5.74, 6) is 0.963. The Labute approximate surface area is 132 Å². The summed E-state index contributed by atoms with van der Waals surface area (Å²) in [5.41, 5.74) is 2.40. The number of carbonyl (C=O) groups excluding carboxylic acids is 1. The summed E-state index contributed by atoms with van der Waals surface area (Å²) in [6.07, 6.45) is 0.843. The summed E-state index contributed by atoms with van der Waals surface area (Å²) >= 11 is 2.22. The maximum atomic E-state index is 12.5. The first-order chi connectivity index (χ1) is 9.44. The van der Waals surface area contributed by atoms with E-state index < -0.39 is 0 Å². The lowest BCUT2D eigenvalue weighted by atomic mass is 9.97. The minimum Gasteiger partial charge on any atom is -0.487 e. The first kappa shape index (κ1) is 13.6. The van der Waals surface area contributed by atoms with Crippen LogP contribution in [0.3, 0.4) is 0 Å². The van der Waals surface area contributed by atoms with E-state index >= 15 is 0 Å². The van der Waals surface area contributed by atoms with E-state index in [9.17, 15) is 4.79 Å². The molecule has 0 saturated heterocycles. The van der Waals surface area contributed by atoms with Gasteiger partial charge in [-0.25, -0.2) is 0 Å². The van der Waals surface area contributed by atoms with Crippen LogP contribution >= 0.6 is 22.6 Å². The van der Waals surface area contributed by atoms with Crippen LogP contribution < -0.4 is 4.74 Å². The molecule has 0 amide bonds. The van der Waals surface area contributed by atoms with Crippen LogP contribution in [0.1, 0.15) is 35.3 Å². The Hall–Kier alpha value is -1.36. The molecule has 1 aliphatic rings. The lowest BCUT2D eigenvalue weighted by Gasteiger charge is -2.16. The topological polar surface area (TPSA) is 26.3 Å². The van der Waals surface area contributed by atoms with Crippen molar-refractivity contribution in [3.8, 4) is 5.75 Å². The fourth-order valence-corrected chi connectivity index (χ4v) is 3.09. The Balaban J connectivity index is 1.95. The highest BCUT2D eigenvalue weighted by Crippen LogP contribution is 2.35. The fourth-order valence-electron chi connectivity index (χ4n) is 2.55. The lowest BCUT2D eigenvalue weighted by Crippen LogP contribution is -2.24. The van der Waals surface area contributed by atoms with Gasteiger partial charge in [0.05, 0.1) is 0 Å². The molecule has 0 radical (unpaired) electrons. The second kappa shape index (κ2) is 4.88. The van der Waals surface area contributed by atoms with Crippen molar-refractivity contribution in [2.45, 2.75) is 25.9 Å². The van der Waals surface area contributed by atoms with Crippen LogP contribution in [0.25, 0.3) is 0 Å². The van der Waals surface area contributed by atoms with E-state index in [-0.39, 0.29) is 11.4 Å². The smallest absolute Gasteiger partial charge is 0.193 e. The number of hydrogen-bond acceptors (Lipinski definition) is 2. The monoisotopic (exact) mass is 378 g/mol. The van der Waals surface area contributed by atoms with Crippen LogP contribution in [0.5, 0.6) is 5.75 Å². The number of ketones is 1. The van der Waals surface area contributed by atoms with Crippen LogP contribution in [-0.2, 0) is 6.42 Å². The second-order valence-corrected chi connectivity index (χ2v) is 6.95. The van der Waals surface area contributed by atoms with E-state index in [0.717, 1.165) is 32.4 Å². The quantitative estimate of drug-likeness (QED) is 0.578. The van der Waals surface area contributed by atoms with Crippen molar-refractivity contribution in [2.24, 2.45) is 0 Å². The Bertz CT molecular complexity index is 689. The molecular formula is C17H15IO2. The molecule has 0 fully saturated rings. The molecule has 2 aromatic carbocycles. The van der Waals surface area contributed by atoms with Crippen molar-refractivity contribution >= 4 is 28.4 Å². The van der Waals surface area contributed by atoms with Crippen LogP contribution in [-0.4, -0.2) is 11.4 Å². The van der Waals surface area contributed by atoms with Gasteiger partial charge in [0.2, 0.25) is 0 Å². The summed E-state index contributed by atoms with van der Waals surface area (Å²) in [7, 11) is 0. The van der Waals surface area contributed by atoms with E-state index in [4.69, 9.17) is 4.74 Å². The number of carbonyl (C=O) groups is 1. The van der Waals surface area contributed by atoms with E-state index in [1.54, 1.807) is 0 Å². The summed E-state index contributed by atoms with van der Waals surface area (Å²) in [6, 6.07) is 13.4. The van der Waals surface area contributed by atoms with Gasteiger partial charge in [0.15, 0.2) is 5.78 Å². The predicted molar refractivity (Wildman–Crippen MR) is 87.4 cm³/mol. The molecule has 102 valence electrons. The third-order valence-corrected chi connectivity index (χ3v) is 4.08. The van der Waals surface area contributed by atoms with Gasteiger partial charge in [0.1, 0.15) is 11.4 Å². The molecule has 0 bridgehead atoms. The minimum atomic E-state index is -0.174. The third-order valence-electron chi connectivity index (χ3n) is 3.41. The number of ether oxygens (including phenoxy) is 1. The van der Waals surface area contributed by atoms with E-state index in [0.29, 0.717) is 0 Å². The fraction of sp³-hybridized carbons (Fsp3) is 0.235. The molecule has 2 aromatic rings. The van der Waals surface area contributed by atoms with Crippen LogP contribution in [0.4, 0.5) is 0 Å². The molecule has 0 atom stereocenters. The first-order valence-corrected chi connectivity index (χ1v) is 7.65. The van der Waals surface area contributed by atoms with Gasteiger partial charge in [-0.05, 0) is 72.3 Å². The molecule has 2 nitrogen and oxygen atoms in total. The van der Waals surface area contributed by atoms with E-state index in [2.05, 4.69) is 36.4 Å². The van der Waals surface area contributed by atoms with Gasteiger partial charge in [0.25, 0.3) is 0 Å².